The first kappa shape index (κ1) is 19.1. The summed E-state index contributed by atoms with van der Waals surface area (Å²) in [6, 6.07) is 5.69. The molecule has 136 valence electrons. The summed E-state index contributed by atoms with van der Waals surface area (Å²) in [5.74, 6) is 0.529. The standard InChI is InChI=1S/C19H25FN2O3/c1-19(2,3)10-15(12-23)22-17(24)8-9-18-21-11-16(25-18)13-4-6-14(20)7-5-13/h4-7,11,15,23H,8-10,12H2,1-3H3,(H,22,24). The van der Waals surface area contributed by atoms with Crippen molar-refractivity contribution in [2.45, 2.75) is 46.1 Å². The van der Waals surface area contributed by atoms with Gasteiger partial charge in [0.15, 0.2) is 11.7 Å². The number of halogens is 1. The molecule has 0 aliphatic rings. The van der Waals surface area contributed by atoms with Crippen molar-refractivity contribution in [1.29, 1.82) is 0 Å². The molecule has 2 N–H and O–H groups in total. The lowest BCUT2D eigenvalue weighted by Crippen LogP contribution is -2.40. The van der Waals surface area contributed by atoms with E-state index in [4.69, 9.17) is 4.42 Å². The minimum Gasteiger partial charge on any atom is -0.441 e. The molecule has 0 radical (unpaired) electrons. The summed E-state index contributed by atoms with van der Waals surface area (Å²) >= 11 is 0. The van der Waals surface area contributed by atoms with Crippen LogP contribution in [0.5, 0.6) is 0 Å². The van der Waals surface area contributed by atoms with Crippen LogP contribution in [0, 0.1) is 11.2 Å². The number of hydrogen-bond donors (Lipinski definition) is 2. The van der Waals surface area contributed by atoms with Gasteiger partial charge in [-0.3, -0.25) is 4.79 Å². The van der Waals surface area contributed by atoms with E-state index in [0.29, 0.717) is 24.5 Å². The minimum atomic E-state index is -0.311. The zero-order valence-electron chi connectivity index (χ0n) is 14.9. The number of aliphatic hydroxyl groups is 1. The van der Waals surface area contributed by atoms with Gasteiger partial charge in [0.05, 0.1) is 18.8 Å². The van der Waals surface area contributed by atoms with Crippen molar-refractivity contribution in [2.75, 3.05) is 6.61 Å². The van der Waals surface area contributed by atoms with Crippen molar-refractivity contribution in [2.24, 2.45) is 5.41 Å². The van der Waals surface area contributed by atoms with Gasteiger partial charge in [-0.1, -0.05) is 20.8 Å². The molecular weight excluding hydrogens is 323 g/mol. The Balaban J connectivity index is 1.87. The van der Waals surface area contributed by atoms with Crippen LogP contribution in [0.1, 0.15) is 39.5 Å². The molecule has 6 heteroatoms. The fourth-order valence-corrected chi connectivity index (χ4v) is 2.59. The number of aliphatic hydroxyl groups excluding tert-OH is 1. The largest absolute Gasteiger partial charge is 0.441 e. The van der Waals surface area contributed by atoms with Crippen LogP contribution in [-0.4, -0.2) is 28.6 Å². The Morgan fingerprint density at radius 1 is 1.32 bits per heavy atom. The zero-order chi connectivity index (χ0) is 18.4. The van der Waals surface area contributed by atoms with Gasteiger partial charge in [-0.05, 0) is 36.1 Å². The first-order chi connectivity index (χ1) is 11.8. The molecule has 0 saturated carbocycles. The molecule has 0 aliphatic heterocycles. The van der Waals surface area contributed by atoms with E-state index in [1.807, 2.05) is 0 Å². The Bertz CT molecular complexity index is 689. The van der Waals surface area contributed by atoms with Gasteiger partial charge < -0.3 is 14.8 Å². The zero-order valence-corrected chi connectivity index (χ0v) is 14.9. The number of nitrogens with zero attached hydrogens (tertiary/aromatic N) is 1. The third-order valence-electron chi connectivity index (χ3n) is 3.69. The fourth-order valence-electron chi connectivity index (χ4n) is 2.59. The Morgan fingerprint density at radius 3 is 2.60 bits per heavy atom. The SMILES string of the molecule is CC(C)(C)CC(CO)NC(=O)CCc1ncc(-c2ccc(F)cc2)o1. The van der Waals surface area contributed by atoms with Crippen LogP contribution in [0.4, 0.5) is 4.39 Å². The Labute approximate surface area is 147 Å². The molecule has 2 aromatic rings. The Morgan fingerprint density at radius 2 is 2.00 bits per heavy atom. The lowest BCUT2D eigenvalue weighted by atomic mass is 9.88. The predicted octanol–water partition coefficient (Wildman–Crippen LogP) is 3.33. The molecule has 5 nitrogen and oxygen atoms in total. The highest BCUT2D eigenvalue weighted by atomic mass is 19.1. The van der Waals surface area contributed by atoms with Gasteiger partial charge in [0.2, 0.25) is 5.91 Å². The highest BCUT2D eigenvalue weighted by Crippen LogP contribution is 2.22. The van der Waals surface area contributed by atoms with E-state index < -0.39 is 0 Å². The Kier molecular flexibility index (Phi) is 6.31. The van der Waals surface area contributed by atoms with Crippen molar-refractivity contribution in [3.05, 3.63) is 42.2 Å². The molecule has 0 aliphatic carbocycles. The summed E-state index contributed by atoms with van der Waals surface area (Å²) in [5.41, 5.74) is 0.753. The molecule has 1 unspecified atom stereocenters. The van der Waals surface area contributed by atoms with Gasteiger partial charge in [0, 0.05) is 18.4 Å². The minimum absolute atomic E-state index is 0.0211. The molecule has 0 bridgehead atoms. The fraction of sp³-hybridized carbons (Fsp3) is 0.474. The summed E-state index contributed by atoms with van der Waals surface area (Å²) in [4.78, 5) is 16.2. The summed E-state index contributed by atoms with van der Waals surface area (Å²) < 4.78 is 18.6. The molecular formula is C19H25FN2O3. The number of hydrogen-bond acceptors (Lipinski definition) is 4. The second-order valence-corrected chi connectivity index (χ2v) is 7.34. The van der Waals surface area contributed by atoms with E-state index in [1.165, 1.54) is 12.1 Å². The van der Waals surface area contributed by atoms with Gasteiger partial charge >= 0.3 is 0 Å². The van der Waals surface area contributed by atoms with Crippen LogP contribution >= 0.6 is 0 Å². The quantitative estimate of drug-likeness (QED) is 0.805. The van der Waals surface area contributed by atoms with Crippen LogP contribution < -0.4 is 5.32 Å². The van der Waals surface area contributed by atoms with Gasteiger partial charge in [-0.2, -0.15) is 0 Å². The number of oxazole rings is 1. The first-order valence-electron chi connectivity index (χ1n) is 8.38. The Hall–Kier alpha value is -2.21. The summed E-state index contributed by atoms with van der Waals surface area (Å²) in [7, 11) is 0. The number of benzene rings is 1. The van der Waals surface area contributed by atoms with Gasteiger partial charge in [0.1, 0.15) is 5.82 Å². The van der Waals surface area contributed by atoms with Crippen LogP contribution in [0.25, 0.3) is 11.3 Å². The number of carbonyl (C=O) groups excluding carboxylic acids is 1. The monoisotopic (exact) mass is 348 g/mol. The maximum absolute atomic E-state index is 12.9. The molecule has 1 aromatic carbocycles. The molecule has 1 heterocycles. The van der Waals surface area contributed by atoms with Gasteiger partial charge in [-0.15, -0.1) is 0 Å². The van der Waals surface area contributed by atoms with Crippen molar-refractivity contribution in [3.63, 3.8) is 0 Å². The average molecular weight is 348 g/mol. The molecule has 0 fully saturated rings. The number of rotatable bonds is 7. The summed E-state index contributed by atoms with van der Waals surface area (Å²) in [6.45, 7) is 6.10. The van der Waals surface area contributed by atoms with Crippen LogP contribution in [-0.2, 0) is 11.2 Å². The third-order valence-corrected chi connectivity index (χ3v) is 3.69. The third kappa shape index (κ3) is 6.31. The van der Waals surface area contributed by atoms with E-state index in [9.17, 15) is 14.3 Å². The molecule has 0 spiro atoms. The second kappa shape index (κ2) is 8.25. The van der Waals surface area contributed by atoms with E-state index in [0.717, 1.165) is 5.56 Å². The number of amides is 1. The molecule has 2 rings (SSSR count). The van der Waals surface area contributed by atoms with E-state index in [2.05, 4.69) is 31.1 Å². The maximum Gasteiger partial charge on any atom is 0.220 e. The first-order valence-corrected chi connectivity index (χ1v) is 8.38. The number of aryl methyl sites for hydroxylation is 1. The van der Waals surface area contributed by atoms with Crippen molar-refractivity contribution >= 4 is 5.91 Å². The summed E-state index contributed by atoms with van der Waals surface area (Å²) in [5, 5.41) is 12.2. The molecule has 1 aromatic heterocycles. The van der Waals surface area contributed by atoms with Crippen molar-refractivity contribution in [3.8, 4) is 11.3 Å². The topological polar surface area (TPSA) is 75.4 Å². The van der Waals surface area contributed by atoms with E-state index in [-0.39, 0.29) is 36.2 Å². The number of carbonyl (C=O) groups is 1. The highest BCUT2D eigenvalue weighted by Gasteiger charge is 2.20. The second-order valence-electron chi connectivity index (χ2n) is 7.34. The average Bonchev–Trinajstić information content (AvgIpc) is 3.00. The van der Waals surface area contributed by atoms with Crippen LogP contribution in [0.15, 0.2) is 34.9 Å². The number of nitrogens with one attached hydrogen (secondary N) is 1. The van der Waals surface area contributed by atoms with Crippen molar-refractivity contribution in [1.82, 2.24) is 10.3 Å². The predicted molar refractivity (Wildman–Crippen MR) is 93.3 cm³/mol. The molecule has 25 heavy (non-hydrogen) atoms. The van der Waals surface area contributed by atoms with E-state index >= 15 is 0 Å². The van der Waals surface area contributed by atoms with Crippen LogP contribution in [0.2, 0.25) is 0 Å². The lowest BCUT2D eigenvalue weighted by Gasteiger charge is -2.25. The van der Waals surface area contributed by atoms with Crippen molar-refractivity contribution < 1.29 is 18.7 Å². The maximum atomic E-state index is 12.9. The summed E-state index contributed by atoms with van der Waals surface area (Å²) in [6.07, 6.45) is 2.85. The lowest BCUT2D eigenvalue weighted by molar-refractivity contribution is -0.122. The van der Waals surface area contributed by atoms with Gasteiger partial charge in [-0.25, -0.2) is 9.37 Å². The molecule has 0 saturated heterocycles. The van der Waals surface area contributed by atoms with E-state index in [1.54, 1.807) is 18.3 Å². The highest BCUT2D eigenvalue weighted by molar-refractivity contribution is 5.76. The number of aromatic nitrogens is 1. The molecule has 1 amide bonds. The smallest absolute Gasteiger partial charge is 0.220 e. The van der Waals surface area contributed by atoms with Gasteiger partial charge in [0.25, 0.3) is 0 Å². The molecule has 1 atom stereocenters. The van der Waals surface area contributed by atoms with Crippen LogP contribution in [0.3, 0.4) is 0 Å². The normalized spacial score (nSPS) is 12.8.